The van der Waals surface area contributed by atoms with E-state index in [2.05, 4.69) is 37.7 Å². The van der Waals surface area contributed by atoms with Crippen molar-refractivity contribution in [3.63, 3.8) is 0 Å². The quantitative estimate of drug-likeness (QED) is 0.0339. The maximum Gasteiger partial charge on any atom is 0.264 e. The number of nitrogens with one attached hydrogen (secondary N) is 5. The number of amides is 8. The molecule has 115 heavy (non-hydrogen) atoms. The highest BCUT2D eigenvalue weighted by atomic mass is 32.2. The topological polar surface area (TPSA) is 425 Å². The van der Waals surface area contributed by atoms with Crippen LogP contribution in [0.4, 0.5) is 0 Å². The van der Waals surface area contributed by atoms with Gasteiger partial charge in [-0.1, -0.05) is 13.8 Å². The van der Waals surface area contributed by atoms with Crippen molar-refractivity contribution in [1.82, 2.24) is 55.5 Å². The molecule has 1 unspecified atom stereocenters. The van der Waals surface area contributed by atoms with E-state index in [1.807, 2.05) is 52.8 Å². The molecular formula is C80H117N11O23S. The van der Waals surface area contributed by atoms with Crippen molar-refractivity contribution in [1.29, 1.82) is 0 Å². The van der Waals surface area contributed by atoms with E-state index in [1.165, 1.54) is 47.6 Å². The first-order valence-electron chi connectivity index (χ1n) is 39.9. The average molecular weight is 1630 g/mol. The van der Waals surface area contributed by atoms with Crippen LogP contribution in [-0.4, -0.2) is 346 Å². The van der Waals surface area contributed by atoms with Gasteiger partial charge in [0.05, 0.1) is 178 Å². The highest BCUT2D eigenvalue weighted by Crippen LogP contribution is 2.45. The van der Waals surface area contributed by atoms with Crippen molar-refractivity contribution in [2.75, 3.05) is 191 Å². The number of allylic oxidation sites excluding steroid dienone is 3. The Labute approximate surface area is 675 Å². The molecule has 35 heteroatoms. The van der Waals surface area contributed by atoms with Gasteiger partial charge in [-0.25, -0.2) is 9.97 Å². The first-order chi connectivity index (χ1) is 55.4. The Bertz CT molecular complexity index is 3950. The lowest BCUT2D eigenvalue weighted by molar-refractivity contribution is -0.205. The average Bonchev–Trinajstić information content (AvgIpc) is 1.58. The summed E-state index contributed by atoms with van der Waals surface area (Å²) in [6.45, 7) is 23.5. The molecule has 10 atom stereocenters. The molecule has 0 spiro atoms. The van der Waals surface area contributed by atoms with Crippen LogP contribution in [0.1, 0.15) is 153 Å². The molecule has 9 N–H and O–H groups in total. The van der Waals surface area contributed by atoms with Crippen molar-refractivity contribution in [3.05, 3.63) is 81.2 Å². The molecule has 9 heterocycles. The van der Waals surface area contributed by atoms with Crippen molar-refractivity contribution in [3.8, 4) is 0 Å². The summed E-state index contributed by atoms with van der Waals surface area (Å²) in [5.41, 5.74) is 9.02. The molecule has 0 saturated carbocycles. The Morgan fingerprint density at radius 3 is 1.83 bits per heavy atom. The summed E-state index contributed by atoms with van der Waals surface area (Å²) < 4.78 is 61.9. The summed E-state index contributed by atoms with van der Waals surface area (Å²) in [6.07, 6.45) is -1.85. The van der Waals surface area contributed by atoms with Crippen LogP contribution >= 0.6 is 11.8 Å². The molecule has 8 amide bonds. The zero-order valence-corrected chi connectivity index (χ0v) is 68.4. The van der Waals surface area contributed by atoms with Crippen LogP contribution in [0.3, 0.4) is 0 Å². The molecule has 7 aliphatic heterocycles. The number of aromatic amines is 2. The van der Waals surface area contributed by atoms with Crippen LogP contribution in [-0.2, 0) is 80.9 Å². The second-order valence-corrected chi connectivity index (χ2v) is 30.2. The summed E-state index contributed by atoms with van der Waals surface area (Å²) in [4.78, 5) is 131. The number of aryl methyl sites for hydroxylation is 1. The molecule has 2 fully saturated rings. The van der Waals surface area contributed by atoms with Gasteiger partial charge in [0.1, 0.15) is 41.9 Å². The van der Waals surface area contributed by atoms with Gasteiger partial charge in [-0.15, -0.1) is 11.8 Å². The number of hydrogen-bond donors (Lipinski definition) is 9. The molecule has 8 bridgehead atoms. The maximum atomic E-state index is 15.5. The summed E-state index contributed by atoms with van der Waals surface area (Å²) in [5, 5.41) is 49.2. The summed E-state index contributed by atoms with van der Waals surface area (Å²) >= 11 is 1.26. The minimum atomic E-state index is -1.48. The van der Waals surface area contributed by atoms with E-state index in [0.717, 1.165) is 32.9 Å². The fraction of sp³-hybridized carbons (Fsp3) is 0.650. The minimum absolute atomic E-state index is 0.0172. The van der Waals surface area contributed by atoms with Gasteiger partial charge in [-0.2, -0.15) is 0 Å². The minimum Gasteiger partial charge on any atom is -0.394 e. The number of imide groups is 2. The molecule has 636 valence electrons. The van der Waals surface area contributed by atoms with E-state index in [-0.39, 0.29) is 95.5 Å². The number of aromatic nitrogens is 4. The molecule has 7 aliphatic rings. The molecule has 0 radical (unpaired) electrons. The third-order valence-corrected chi connectivity index (χ3v) is 22.3. The van der Waals surface area contributed by atoms with Crippen molar-refractivity contribution in [2.24, 2.45) is 0 Å². The fourth-order valence-electron chi connectivity index (χ4n) is 14.3. The zero-order valence-electron chi connectivity index (χ0n) is 67.6. The molecule has 2 saturated heterocycles. The highest BCUT2D eigenvalue weighted by Gasteiger charge is 2.45. The van der Waals surface area contributed by atoms with Gasteiger partial charge in [0.25, 0.3) is 23.6 Å². The van der Waals surface area contributed by atoms with E-state index in [1.54, 1.807) is 7.05 Å². The number of morpholine rings is 1. The predicted octanol–water partition coefficient (Wildman–Crippen LogP) is 2.57. The number of H-pyrrole nitrogens is 2. The number of likely N-dealkylation sites (N-methyl/N-ethyl adjacent to an activating group) is 1. The number of carbonyl (C=O) groups is 8. The molecular weight excluding hydrogens is 1520 g/mol. The molecule has 0 aliphatic carbocycles. The summed E-state index contributed by atoms with van der Waals surface area (Å²) in [5.74, 6) is -3.63. The molecule has 0 aromatic carbocycles. The lowest BCUT2D eigenvalue weighted by Gasteiger charge is -2.39. The smallest absolute Gasteiger partial charge is 0.264 e. The Morgan fingerprint density at radius 1 is 0.652 bits per heavy atom. The number of fused-ring (bicyclic) bond motifs is 8. The number of aliphatic hydroxyl groups is 4. The first kappa shape index (κ1) is 91.4. The van der Waals surface area contributed by atoms with Crippen LogP contribution in [0.15, 0.2) is 30.4 Å². The molecule has 34 nitrogen and oxygen atoms in total. The maximum absolute atomic E-state index is 15.5. The predicted molar refractivity (Wildman–Crippen MR) is 424 cm³/mol. The molecule has 2 aromatic heterocycles. The van der Waals surface area contributed by atoms with Gasteiger partial charge in [-0.3, -0.25) is 53.1 Å². The number of rotatable bonds is 49. The molecule has 2 aromatic rings. The van der Waals surface area contributed by atoms with Gasteiger partial charge in [-0.05, 0) is 107 Å². The van der Waals surface area contributed by atoms with Crippen LogP contribution in [0, 0.1) is 6.92 Å². The second-order valence-electron chi connectivity index (χ2n) is 29.0. The second kappa shape index (κ2) is 46.0. The first-order valence-corrected chi connectivity index (χ1v) is 40.9. The zero-order chi connectivity index (χ0) is 82.7. The Kier molecular flexibility index (Phi) is 36.5. The normalized spacial score (nSPS) is 20.9. The van der Waals surface area contributed by atoms with E-state index in [0.29, 0.717) is 194 Å². The van der Waals surface area contributed by atoms with Gasteiger partial charge >= 0.3 is 0 Å². The number of hydrogen-bond acceptors (Lipinski definition) is 27. The van der Waals surface area contributed by atoms with Crippen molar-refractivity contribution >= 4 is 92.3 Å². The number of aliphatic hydroxyl groups excluding tert-OH is 4. The van der Waals surface area contributed by atoms with E-state index >= 15 is 4.79 Å². The fourth-order valence-corrected chi connectivity index (χ4v) is 15.3. The lowest BCUT2D eigenvalue weighted by atomic mass is 9.84. The van der Waals surface area contributed by atoms with Crippen LogP contribution in [0.5, 0.6) is 0 Å². The monoisotopic (exact) mass is 1630 g/mol. The Morgan fingerprint density at radius 2 is 1.23 bits per heavy atom. The van der Waals surface area contributed by atoms with Crippen LogP contribution in [0.25, 0.3) is 33.3 Å². The number of nitrogens with zero attached hydrogens (tertiary/aromatic N) is 6. The van der Waals surface area contributed by atoms with Crippen LogP contribution in [0.2, 0.25) is 0 Å². The summed E-state index contributed by atoms with van der Waals surface area (Å²) in [6, 6.07) is 3.94. The van der Waals surface area contributed by atoms with Gasteiger partial charge in [0, 0.05) is 112 Å². The van der Waals surface area contributed by atoms with Gasteiger partial charge in [0.2, 0.25) is 23.6 Å². The van der Waals surface area contributed by atoms with Gasteiger partial charge in [0.15, 0.2) is 0 Å². The summed E-state index contributed by atoms with van der Waals surface area (Å²) in [7, 11) is 1.64. The third-order valence-electron chi connectivity index (χ3n) is 21.1. The van der Waals surface area contributed by atoms with Crippen LogP contribution < -0.4 is 16.0 Å². The van der Waals surface area contributed by atoms with Crippen molar-refractivity contribution < 1.29 is 111 Å². The SMILES string of the molecule is CCC1=C(C)c2cc3nc(cc4[nH]c(c5c6[nH]c(cc1n2)c(C)c6C(=O)N(CCN1CCOCC1)C5=O)[C@@H](CCC(=O)N(C)CCNC(=O)[C@H](C)NC(=O)[C@H](C)NC(=O)CCOCCOCCOCCOCCOCCOCCOCCOCCN1C(=O)C=CC1=O)[C@@H]4C)C(C)=C3C(C)OCCCS[C@@H]1O[C@H](CO)[C@@H](O)[C@H](O)[C@H]1O. The number of carbonyl (C=O) groups excluding carboxylic acids is 8. The standard InChI is InChI=1S/C80H117N11O23S/c1-10-55-48(2)57-46-62-68(54(8)113-24-11-43-115-80-75(99)74(98)73(97)63(47-92)114-80)50(4)59(85-62)44-58-49(3)56(71(86-58)70-72-69(51(5)60(87-72)45-61(55)84-57)78(102)91(79(70)103)20-19-89-21-26-105-27-22-89)12-13-65(94)88(9)18-17-81-76(100)52(6)83-77(101)53(7)82-64(93)16-25-104-29-31-107-33-35-109-37-39-111-41-42-112-40-38-110-36-34-108-32-30-106-28-23-90-66(95)14-15-67(90)96/h14-15,44-46,49,52-54,56,63,73-75,80,86-87,92,97-99H,10-13,16-43,47H2,1-9H3,(H,81,100)(H,82,93)(H,83,101)/t49-,52-,53-,54?,56-,63+,73+,74-,75+,80-/m0/s1. The number of thioether (sulfide) groups is 1. The lowest BCUT2D eigenvalue weighted by Crippen LogP contribution is -2.57. The molecule has 9 rings (SSSR count). The van der Waals surface area contributed by atoms with Crippen molar-refractivity contribution in [2.45, 2.75) is 147 Å². The largest absolute Gasteiger partial charge is 0.394 e. The number of ether oxygens (including phenoxy) is 11. The van der Waals surface area contributed by atoms with E-state index < -0.39 is 90.1 Å². The highest BCUT2D eigenvalue weighted by molar-refractivity contribution is 7.99. The van der Waals surface area contributed by atoms with Gasteiger partial charge < -0.3 is 103 Å². The third kappa shape index (κ3) is 25.3. The Balaban J connectivity index is 0.721. The van der Waals surface area contributed by atoms with E-state index in [9.17, 15) is 54.0 Å². The Hall–Kier alpha value is -7.53. The van der Waals surface area contributed by atoms with E-state index in [4.69, 9.17) is 62.1 Å².